The van der Waals surface area contributed by atoms with Gasteiger partial charge in [-0.3, -0.25) is 10.1 Å². The normalized spacial score (nSPS) is 13.8. The monoisotopic (exact) mass is 318 g/mol. The molecule has 114 valence electrons. The minimum Gasteiger partial charge on any atom is -0.360 e. The van der Waals surface area contributed by atoms with Gasteiger partial charge in [-0.05, 0) is 24.1 Å². The van der Waals surface area contributed by atoms with Crippen LogP contribution in [0.2, 0.25) is 5.02 Å². The lowest BCUT2D eigenvalue weighted by Gasteiger charge is -2.29. The fourth-order valence-corrected chi connectivity index (χ4v) is 2.80. The quantitative estimate of drug-likeness (QED) is 0.642. The van der Waals surface area contributed by atoms with E-state index in [9.17, 15) is 10.1 Å². The van der Waals surface area contributed by atoms with Crippen molar-refractivity contribution in [3.8, 4) is 0 Å². The Kier molecular flexibility index (Phi) is 3.94. The Labute approximate surface area is 132 Å². The van der Waals surface area contributed by atoms with Crippen LogP contribution in [0.5, 0.6) is 0 Å². The van der Waals surface area contributed by atoms with Crippen LogP contribution in [-0.2, 0) is 19.4 Å². The number of nitro benzene ring substituents is 1. The highest BCUT2D eigenvalue weighted by Crippen LogP contribution is 2.33. The Morgan fingerprint density at radius 1 is 1.45 bits per heavy atom. The largest absolute Gasteiger partial charge is 0.360 e. The van der Waals surface area contributed by atoms with E-state index < -0.39 is 4.92 Å². The van der Waals surface area contributed by atoms with Gasteiger partial charge in [0.2, 0.25) is 0 Å². The van der Waals surface area contributed by atoms with Crippen LogP contribution in [0, 0.1) is 10.1 Å². The third kappa shape index (κ3) is 2.74. The first-order valence-corrected chi connectivity index (χ1v) is 7.49. The standard InChI is InChI=1S/C15H15ClN4O2/c1-2-15-17-8-10-5-6-19(9-12(10)18-15)13-4-3-11(16)7-14(13)20(21)22/h3-4,7-8H,2,5-6,9H2,1H3. The Balaban J connectivity index is 1.96. The van der Waals surface area contributed by atoms with Gasteiger partial charge in [-0.1, -0.05) is 18.5 Å². The zero-order valence-corrected chi connectivity index (χ0v) is 12.9. The third-order valence-electron chi connectivity index (χ3n) is 3.79. The molecule has 0 unspecified atom stereocenters. The number of halogens is 1. The highest BCUT2D eigenvalue weighted by Gasteiger charge is 2.24. The van der Waals surface area contributed by atoms with E-state index in [-0.39, 0.29) is 5.69 Å². The van der Waals surface area contributed by atoms with Gasteiger partial charge < -0.3 is 4.90 Å². The molecule has 2 aromatic rings. The van der Waals surface area contributed by atoms with Crippen molar-refractivity contribution in [2.45, 2.75) is 26.3 Å². The molecule has 1 aromatic carbocycles. The van der Waals surface area contributed by atoms with Crippen LogP contribution in [0.25, 0.3) is 0 Å². The second-order valence-electron chi connectivity index (χ2n) is 5.17. The van der Waals surface area contributed by atoms with E-state index in [1.807, 2.05) is 18.0 Å². The molecule has 1 aliphatic rings. The molecular formula is C15H15ClN4O2. The molecule has 0 fully saturated rings. The molecule has 0 atom stereocenters. The van der Waals surface area contributed by atoms with Gasteiger partial charge in [-0.15, -0.1) is 0 Å². The van der Waals surface area contributed by atoms with E-state index >= 15 is 0 Å². The molecule has 2 heterocycles. The van der Waals surface area contributed by atoms with E-state index in [0.717, 1.165) is 29.9 Å². The summed E-state index contributed by atoms with van der Waals surface area (Å²) in [6.07, 6.45) is 3.42. The summed E-state index contributed by atoms with van der Waals surface area (Å²) < 4.78 is 0. The van der Waals surface area contributed by atoms with Crippen LogP contribution in [0.1, 0.15) is 24.0 Å². The lowest BCUT2D eigenvalue weighted by molar-refractivity contribution is -0.384. The maximum atomic E-state index is 11.3. The molecule has 6 nitrogen and oxygen atoms in total. The summed E-state index contributed by atoms with van der Waals surface area (Å²) in [7, 11) is 0. The molecule has 0 saturated heterocycles. The molecule has 1 aliphatic heterocycles. The second-order valence-corrected chi connectivity index (χ2v) is 5.61. The van der Waals surface area contributed by atoms with Gasteiger partial charge in [0, 0.05) is 30.3 Å². The number of hydrogen-bond donors (Lipinski definition) is 0. The molecule has 0 saturated carbocycles. The molecule has 0 spiro atoms. The maximum absolute atomic E-state index is 11.3. The van der Waals surface area contributed by atoms with Crippen molar-refractivity contribution in [1.29, 1.82) is 0 Å². The predicted molar refractivity (Wildman–Crippen MR) is 84.3 cm³/mol. The number of nitrogens with zero attached hydrogens (tertiary/aromatic N) is 4. The summed E-state index contributed by atoms with van der Waals surface area (Å²) in [5, 5.41) is 11.6. The second kappa shape index (κ2) is 5.88. The van der Waals surface area contributed by atoms with Crippen molar-refractivity contribution >= 4 is 23.0 Å². The molecule has 0 bridgehead atoms. The van der Waals surface area contributed by atoms with Crippen LogP contribution in [-0.4, -0.2) is 21.4 Å². The Hall–Kier alpha value is -2.21. The number of benzene rings is 1. The van der Waals surface area contributed by atoms with Crippen LogP contribution >= 0.6 is 11.6 Å². The molecule has 0 N–H and O–H groups in total. The number of aromatic nitrogens is 2. The topological polar surface area (TPSA) is 72.2 Å². The summed E-state index contributed by atoms with van der Waals surface area (Å²) >= 11 is 5.88. The summed E-state index contributed by atoms with van der Waals surface area (Å²) in [5.74, 6) is 0.797. The van der Waals surface area contributed by atoms with Gasteiger partial charge in [0.15, 0.2) is 0 Å². The number of fused-ring (bicyclic) bond motifs is 1. The average Bonchev–Trinajstić information content (AvgIpc) is 2.53. The zero-order chi connectivity index (χ0) is 15.7. The molecule has 0 radical (unpaired) electrons. The fourth-order valence-electron chi connectivity index (χ4n) is 2.63. The molecule has 7 heteroatoms. The summed E-state index contributed by atoms with van der Waals surface area (Å²) in [6.45, 7) is 3.25. The number of hydrogen-bond acceptors (Lipinski definition) is 5. The number of nitro groups is 1. The van der Waals surface area contributed by atoms with Gasteiger partial charge in [-0.25, -0.2) is 9.97 Å². The van der Waals surface area contributed by atoms with Gasteiger partial charge >= 0.3 is 0 Å². The van der Waals surface area contributed by atoms with Crippen LogP contribution in [0.15, 0.2) is 24.4 Å². The van der Waals surface area contributed by atoms with Gasteiger partial charge in [0.1, 0.15) is 11.5 Å². The van der Waals surface area contributed by atoms with Crippen molar-refractivity contribution in [3.63, 3.8) is 0 Å². The van der Waals surface area contributed by atoms with E-state index in [0.29, 0.717) is 23.8 Å². The lowest BCUT2D eigenvalue weighted by atomic mass is 10.1. The van der Waals surface area contributed by atoms with E-state index in [1.165, 1.54) is 6.07 Å². The van der Waals surface area contributed by atoms with Gasteiger partial charge in [0.25, 0.3) is 5.69 Å². The van der Waals surface area contributed by atoms with Gasteiger partial charge in [0.05, 0.1) is 17.2 Å². The smallest absolute Gasteiger partial charge is 0.294 e. The maximum Gasteiger partial charge on any atom is 0.294 e. The van der Waals surface area contributed by atoms with Crippen LogP contribution in [0.4, 0.5) is 11.4 Å². The minimum absolute atomic E-state index is 0.0284. The SMILES string of the molecule is CCc1ncc2c(n1)CN(c1ccc(Cl)cc1[N+](=O)[O-])CC2. The summed E-state index contributed by atoms with van der Waals surface area (Å²) in [5.41, 5.74) is 2.67. The number of aryl methyl sites for hydroxylation is 1. The molecular weight excluding hydrogens is 304 g/mol. The van der Waals surface area contributed by atoms with Crippen LogP contribution < -0.4 is 4.90 Å². The van der Waals surface area contributed by atoms with E-state index in [2.05, 4.69) is 9.97 Å². The fraction of sp³-hybridized carbons (Fsp3) is 0.333. The molecule has 0 amide bonds. The lowest BCUT2D eigenvalue weighted by Crippen LogP contribution is -2.32. The van der Waals surface area contributed by atoms with Crippen molar-refractivity contribution in [3.05, 3.63) is 56.6 Å². The van der Waals surface area contributed by atoms with E-state index in [1.54, 1.807) is 12.1 Å². The molecule has 3 rings (SSSR count). The Morgan fingerprint density at radius 2 is 2.27 bits per heavy atom. The van der Waals surface area contributed by atoms with Gasteiger partial charge in [-0.2, -0.15) is 0 Å². The minimum atomic E-state index is -0.395. The Morgan fingerprint density at radius 3 is 3.00 bits per heavy atom. The summed E-state index contributed by atoms with van der Waals surface area (Å²) in [6, 6.07) is 4.77. The first-order valence-electron chi connectivity index (χ1n) is 7.11. The van der Waals surface area contributed by atoms with E-state index in [4.69, 9.17) is 11.6 Å². The van der Waals surface area contributed by atoms with Crippen molar-refractivity contribution in [2.75, 3.05) is 11.4 Å². The Bertz CT molecular complexity index is 735. The molecule has 22 heavy (non-hydrogen) atoms. The first-order chi connectivity index (χ1) is 10.6. The highest BCUT2D eigenvalue weighted by atomic mass is 35.5. The third-order valence-corrected chi connectivity index (χ3v) is 4.02. The first kappa shape index (κ1) is 14.7. The zero-order valence-electron chi connectivity index (χ0n) is 12.1. The average molecular weight is 319 g/mol. The molecule has 0 aliphatic carbocycles. The van der Waals surface area contributed by atoms with Crippen molar-refractivity contribution in [1.82, 2.24) is 9.97 Å². The number of anilines is 1. The van der Waals surface area contributed by atoms with Crippen molar-refractivity contribution < 1.29 is 4.92 Å². The highest BCUT2D eigenvalue weighted by molar-refractivity contribution is 6.30. The predicted octanol–water partition coefficient (Wildman–Crippen LogP) is 3.16. The van der Waals surface area contributed by atoms with Crippen LogP contribution in [0.3, 0.4) is 0 Å². The van der Waals surface area contributed by atoms with Crippen molar-refractivity contribution in [2.24, 2.45) is 0 Å². The molecule has 1 aromatic heterocycles. The number of rotatable bonds is 3. The summed E-state index contributed by atoms with van der Waals surface area (Å²) in [4.78, 5) is 21.7.